The molecular formula is C44H30N8OS2. The highest BCUT2D eigenvalue weighted by Crippen LogP contribution is 2.36. The van der Waals surface area contributed by atoms with Crippen molar-refractivity contribution in [3.8, 4) is 44.5 Å². The standard InChI is InChI=1S/C23H16N4OS.C21H14N4S/c1-14(28)26-23-27-21-5-3-17(13-22(21)29-23)16-2-4-20-19(12-16)18(8-11-25-20)15-6-9-24-10-7-15;22-21-25-19-4-2-15(12-20(19)26-21)14-1-3-18-17(11-14)16(7-10-24-18)13-5-8-23-9-6-13/h2-13H,1H3,(H,26,27,28);1-12H,(H2,22,25). The third kappa shape index (κ3) is 6.97. The lowest BCUT2D eigenvalue weighted by Crippen LogP contribution is -2.04. The summed E-state index contributed by atoms with van der Waals surface area (Å²) < 4.78 is 2.13. The molecule has 55 heavy (non-hydrogen) atoms. The maximum atomic E-state index is 11.3. The van der Waals surface area contributed by atoms with Crippen molar-refractivity contribution in [1.29, 1.82) is 0 Å². The number of benzene rings is 4. The molecule has 3 N–H and O–H groups in total. The van der Waals surface area contributed by atoms with E-state index < -0.39 is 0 Å². The van der Waals surface area contributed by atoms with Crippen LogP contribution in [0.2, 0.25) is 0 Å². The first-order chi connectivity index (χ1) is 26.9. The number of rotatable bonds is 5. The fourth-order valence-electron chi connectivity index (χ4n) is 6.65. The molecule has 0 radical (unpaired) electrons. The minimum absolute atomic E-state index is 0.116. The minimum atomic E-state index is -0.116. The van der Waals surface area contributed by atoms with Gasteiger partial charge in [0.05, 0.1) is 31.5 Å². The number of hydrogen-bond acceptors (Lipinski definition) is 10. The number of pyridine rings is 4. The zero-order valence-electron chi connectivity index (χ0n) is 29.3. The summed E-state index contributed by atoms with van der Waals surface area (Å²) in [7, 11) is 0. The number of nitrogen functional groups attached to an aromatic ring is 1. The summed E-state index contributed by atoms with van der Waals surface area (Å²) in [4.78, 5) is 37.4. The molecule has 6 aromatic heterocycles. The van der Waals surface area contributed by atoms with Gasteiger partial charge >= 0.3 is 0 Å². The molecule has 1 amide bonds. The number of hydrogen-bond donors (Lipinski definition) is 2. The van der Waals surface area contributed by atoms with Gasteiger partial charge in [0.25, 0.3) is 0 Å². The number of anilines is 2. The largest absolute Gasteiger partial charge is 0.375 e. The van der Waals surface area contributed by atoms with Crippen LogP contribution >= 0.6 is 22.7 Å². The molecule has 6 heterocycles. The molecule has 4 aromatic carbocycles. The van der Waals surface area contributed by atoms with Crippen LogP contribution in [0.15, 0.2) is 146 Å². The van der Waals surface area contributed by atoms with Crippen molar-refractivity contribution in [3.05, 3.63) is 146 Å². The smallest absolute Gasteiger partial charge is 0.223 e. The van der Waals surface area contributed by atoms with E-state index >= 15 is 0 Å². The number of aromatic nitrogens is 6. The van der Waals surface area contributed by atoms with Gasteiger partial charge < -0.3 is 11.1 Å². The molecule has 0 saturated carbocycles. The number of nitrogens with zero attached hydrogens (tertiary/aromatic N) is 6. The summed E-state index contributed by atoms with van der Waals surface area (Å²) in [6.07, 6.45) is 10.9. The van der Waals surface area contributed by atoms with E-state index in [1.165, 1.54) is 29.6 Å². The molecule has 0 atom stereocenters. The second kappa shape index (κ2) is 14.5. The summed E-state index contributed by atoms with van der Waals surface area (Å²) in [5.74, 6) is -0.116. The molecule has 10 rings (SSSR count). The molecule has 9 nitrogen and oxygen atoms in total. The number of nitrogens with one attached hydrogen (secondary N) is 1. The van der Waals surface area contributed by atoms with E-state index in [4.69, 9.17) is 5.73 Å². The van der Waals surface area contributed by atoms with Crippen LogP contribution < -0.4 is 11.1 Å². The highest BCUT2D eigenvalue weighted by molar-refractivity contribution is 7.22. The van der Waals surface area contributed by atoms with E-state index in [1.807, 2.05) is 67.3 Å². The highest BCUT2D eigenvalue weighted by Gasteiger charge is 2.11. The van der Waals surface area contributed by atoms with Crippen molar-refractivity contribution in [2.45, 2.75) is 6.92 Å². The summed E-state index contributed by atoms with van der Waals surface area (Å²) in [5.41, 5.74) is 18.6. The lowest BCUT2D eigenvalue weighted by atomic mass is 9.98. The zero-order chi connectivity index (χ0) is 37.3. The summed E-state index contributed by atoms with van der Waals surface area (Å²) in [6, 6.07) is 37.3. The average molecular weight is 751 g/mol. The fraction of sp³-hybridized carbons (Fsp3) is 0.0227. The SMILES string of the molecule is CC(=O)Nc1nc2ccc(-c3ccc4nccc(-c5ccncc5)c4c3)cc2s1.Nc1nc2ccc(-c3ccc4nccc(-c5ccncc5)c4c3)cc2s1. The van der Waals surface area contributed by atoms with E-state index in [9.17, 15) is 4.79 Å². The van der Waals surface area contributed by atoms with E-state index in [2.05, 4.69) is 102 Å². The quantitative estimate of drug-likeness (QED) is 0.178. The van der Waals surface area contributed by atoms with Gasteiger partial charge in [0, 0.05) is 54.9 Å². The molecule has 10 aromatic rings. The van der Waals surface area contributed by atoms with Crippen molar-refractivity contribution in [3.63, 3.8) is 0 Å². The normalized spacial score (nSPS) is 11.1. The molecule has 0 saturated heterocycles. The van der Waals surface area contributed by atoms with Gasteiger partial charge in [-0.15, -0.1) is 0 Å². The second-order valence-electron chi connectivity index (χ2n) is 12.8. The fourth-order valence-corrected chi connectivity index (χ4v) is 8.37. The van der Waals surface area contributed by atoms with E-state index in [1.54, 1.807) is 12.4 Å². The van der Waals surface area contributed by atoms with Crippen LogP contribution in [0.25, 0.3) is 86.7 Å². The second-order valence-corrected chi connectivity index (χ2v) is 14.9. The first-order valence-corrected chi connectivity index (χ1v) is 19.0. The molecule has 0 spiro atoms. The maximum absolute atomic E-state index is 11.3. The molecular weight excluding hydrogens is 721 g/mol. The van der Waals surface area contributed by atoms with Crippen LogP contribution in [0.4, 0.5) is 10.3 Å². The predicted octanol–water partition coefficient (Wildman–Crippen LogP) is 10.7. The Hall–Kier alpha value is -6.95. The zero-order valence-corrected chi connectivity index (χ0v) is 31.0. The third-order valence-electron chi connectivity index (χ3n) is 9.21. The average Bonchev–Trinajstić information content (AvgIpc) is 3.81. The molecule has 11 heteroatoms. The number of carbonyl (C=O) groups is 1. The van der Waals surface area contributed by atoms with Gasteiger partial charge in [-0.05, 0) is 129 Å². The number of amides is 1. The lowest BCUT2D eigenvalue weighted by molar-refractivity contribution is -0.114. The summed E-state index contributed by atoms with van der Waals surface area (Å²) >= 11 is 2.99. The molecule has 0 unspecified atom stereocenters. The molecule has 0 aliphatic heterocycles. The summed E-state index contributed by atoms with van der Waals surface area (Å²) in [5, 5.41) is 6.20. The van der Waals surface area contributed by atoms with Crippen molar-refractivity contribution in [2.75, 3.05) is 11.1 Å². The Morgan fingerprint density at radius 3 is 1.47 bits per heavy atom. The Morgan fingerprint density at radius 2 is 0.964 bits per heavy atom. The van der Waals surface area contributed by atoms with Crippen LogP contribution in [-0.2, 0) is 4.79 Å². The molecule has 0 aliphatic rings. The monoisotopic (exact) mass is 750 g/mol. The Labute approximate surface area is 323 Å². The highest BCUT2D eigenvalue weighted by atomic mass is 32.1. The third-order valence-corrected chi connectivity index (χ3v) is 11.0. The van der Waals surface area contributed by atoms with Gasteiger partial charge in [0.2, 0.25) is 5.91 Å². The van der Waals surface area contributed by atoms with Crippen LogP contribution in [0.3, 0.4) is 0 Å². The molecule has 0 aliphatic carbocycles. The van der Waals surface area contributed by atoms with Gasteiger partial charge in [-0.3, -0.25) is 24.7 Å². The lowest BCUT2D eigenvalue weighted by Gasteiger charge is -2.09. The first-order valence-electron chi connectivity index (χ1n) is 17.4. The molecule has 0 fully saturated rings. The van der Waals surface area contributed by atoms with Crippen molar-refractivity contribution in [2.24, 2.45) is 0 Å². The van der Waals surface area contributed by atoms with Crippen LogP contribution in [-0.4, -0.2) is 35.8 Å². The van der Waals surface area contributed by atoms with Crippen molar-refractivity contribution >= 4 is 81.1 Å². The van der Waals surface area contributed by atoms with Gasteiger partial charge in [-0.1, -0.05) is 46.9 Å². The van der Waals surface area contributed by atoms with Gasteiger partial charge in [0.15, 0.2) is 10.3 Å². The van der Waals surface area contributed by atoms with Crippen molar-refractivity contribution < 1.29 is 4.79 Å². The number of nitrogens with two attached hydrogens (primary N) is 1. The van der Waals surface area contributed by atoms with Crippen LogP contribution in [0, 0.1) is 0 Å². The Kier molecular flexibility index (Phi) is 8.91. The first kappa shape index (κ1) is 33.9. The maximum Gasteiger partial charge on any atom is 0.223 e. The molecule has 0 bridgehead atoms. The van der Waals surface area contributed by atoms with E-state index in [0.29, 0.717) is 10.3 Å². The van der Waals surface area contributed by atoms with Gasteiger partial charge in [-0.2, -0.15) is 0 Å². The van der Waals surface area contributed by atoms with Gasteiger partial charge in [0.1, 0.15) is 0 Å². The Balaban J connectivity index is 0.000000145. The number of thiazole rings is 2. The Bertz CT molecular complexity index is 3020. The van der Waals surface area contributed by atoms with Crippen LogP contribution in [0.1, 0.15) is 6.92 Å². The topological polar surface area (TPSA) is 132 Å². The number of fused-ring (bicyclic) bond motifs is 4. The van der Waals surface area contributed by atoms with E-state index in [-0.39, 0.29) is 5.91 Å². The van der Waals surface area contributed by atoms with Crippen LogP contribution in [0.5, 0.6) is 0 Å². The molecule has 264 valence electrons. The van der Waals surface area contributed by atoms with E-state index in [0.717, 1.165) is 86.7 Å². The summed E-state index contributed by atoms with van der Waals surface area (Å²) in [6.45, 7) is 1.49. The van der Waals surface area contributed by atoms with Crippen molar-refractivity contribution in [1.82, 2.24) is 29.9 Å². The Morgan fingerprint density at radius 1 is 0.509 bits per heavy atom. The number of carbonyl (C=O) groups excluding carboxylic acids is 1. The predicted molar refractivity (Wildman–Crippen MR) is 226 cm³/mol. The van der Waals surface area contributed by atoms with Gasteiger partial charge in [-0.25, -0.2) is 9.97 Å². The minimum Gasteiger partial charge on any atom is -0.375 e.